The first kappa shape index (κ1) is 19.6. The van der Waals surface area contributed by atoms with Crippen LogP contribution in [0.15, 0.2) is 70.0 Å². The van der Waals surface area contributed by atoms with Crippen LogP contribution in [0.3, 0.4) is 0 Å². The highest BCUT2D eigenvalue weighted by Crippen LogP contribution is 2.36. The molecule has 29 heavy (non-hydrogen) atoms. The highest BCUT2D eigenvalue weighted by Gasteiger charge is 2.33. The van der Waals surface area contributed by atoms with Gasteiger partial charge in [0.15, 0.2) is 10.1 Å². The fourth-order valence-corrected chi connectivity index (χ4v) is 4.36. The number of Topliss-reactive ketones (excluding diaryl/α,β-unsaturated/α-hetero) is 1. The topological polar surface area (TPSA) is 50.5 Å². The molecule has 0 atom stereocenters. The zero-order chi connectivity index (χ0) is 20.5. The summed E-state index contributed by atoms with van der Waals surface area (Å²) in [5.74, 6) is 0.952. The summed E-state index contributed by atoms with van der Waals surface area (Å²) in [4.78, 5) is 26.3. The van der Waals surface area contributed by atoms with Crippen molar-refractivity contribution in [3.63, 3.8) is 0 Å². The van der Waals surface area contributed by atoms with E-state index in [-0.39, 0.29) is 11.7 Å². The minimum absolute atomic E-state index is 0.0323. The highest BCUT2D eigenvalue weighted by molar-refractivity contribution is 8.27. The average molecular weight is 440 g/mol. The molecule has 1 aliphatic heterocycles. The van der Waals surface area contributed by atoms with Gasteiger partial charge >= 0.3 is 0 Å². The summed E-state index contributed by atoms with van der Waals surface area (Å²) in [6, 6.07) is 17.8. The van der Waals surface area contributed by atoms with Crippen molar-refractivity contribution in [1.29, 1.82) is 0 Å². The Bertz CT molecular complexity index is 1160. The number of halogens is 1. The van der Waals surface area contributed by atoms with Crippen molar-refractivity contribution in [2.75, 3.05) is 4.90 Å². The number of furan rings is 1. The number of thiocarbonyl (C=S) groups is 1. The monoisotopic (exact) mass is 439 g/mol. The molecule has 2 heterocycles. The minimum Gasteiger partial charge on any atom is -0.457 e. The number of amides is 1. The number of ketones is 1. The Balaban J connectivity index is 1.59. The molecule has 0 N–H and O–H groups in total. The Morgan fingerprint density at radius 2 is 1.90 bits per heavy atom. The largest absolute Gasteiger partial charge is 0.457 e. The molecule has 0 bridgehead atoms. The van der Waals surface area contributed by atoms with Crippen LogP contribution in [0.25, 0.3) is 17.4 Å². The van der Waals surface area contributed by atoms with Gasteiger partial charge in [0, 0.05) is 22.2 Å². The van der Waals surface area contributed by atoms with E-state index in [1.165, 1.54) is 23.6 Å². The van der Waals surface area contributed by atoms with E-state index in [9.17, 15) is 9.59 Å². The van der Waals surface area contributed by atoms with Gasteiger partial charge in [-0.15, -0.1) is 0 Å². The summed E-state index contributed by atoms with van der Waals surface area (Å²) >= 11 is 12.6. The van der Waals surface area contributed by atoms with Gasteiger partial charge in [0.2, 0.25) is 0 Å². The SMILES string of the molecule is CC(=O)c1ccc(N2C(=O)/C(=C\c3ccc(-c4cccc(Cl)c4)o3)SC2=S)cc1. The summed E-state index contributed by atoms with van der Waals surface area (Å²) < 4.78 is 6.28. The Labute approximate surface area is 182 Å². The summed E-state index contributed by atoms with van der Waals surface area (Å²) in [6.45, 7) is 1.50. The first-order valence-electron chi connectivity index (χ1n) is 8.67. The van der Waals surface area contributed by atoms with Crippen LogP contribution in [0.5, 0.6) is 0 Å². The van der Waals surface area contributed by atoms with Gasteiger partial charge in [-0.1, -0.05) is 47.7 Å². The molecule has 2 aromatic carbocycles. The van der Waals surface area contributed by atoms with E-state index in [0.29, 0.717) is 37.0 Å². The van der Waals surface area contributed by atoms with E-state index in [1.807, 2.05) is 24.3 Å². The van der Waals surface area contributed by atoms with Crippen LogP contribution >= 0.6 is 35.6 Å². The van der Waals surface area contributed by atoms with Crippen molar-refractivity contribution in [3.05, 3.63) is 81.9 Å². The second-order valence-electron chi connectivity index (χ2n) is 6.33. The third-order valence-corrected chi connectivity index (χ3v) is 5.87. The van der Waals surface area contributed by atoms with Crippen LogP contribution in [0.4, 0.5) is 5.69 Å². The van der Waals surface area contributed by atoms with Crippen LogP contribution in [-0.2, 0) is 4.79 Å². The van der Waals surface area contributed by atoms with Gasteiger partial charge in [-0.3, -0.25) is 14.5 Å². The van der Waals surface area contributed by atoms with Gasteiger partial charge in [0.1, 0.15) is 11.5 Å². The summed E-state index contributed by atoms with van der Waals surface area (Å²) in [5.41, 5.74) is 2.06. The van der Waals surface area contributed by atoms with E-state index in [2.05, 4.69) is 0 Å². The molecule has 0 radical (unpaired) electrons. The number of thioether (sulfide) groups is 1. The Morgan fingerprint density at radius 1 is 1.14 bits per heavy atom. The van der Waals surface area contributed by atoms with E-state index in [0.717, 1.165) is 5.56 Å². The highest BCUT2D eigenvalue weighted by atomic mass is 35.5. The molecule has 0 saturated carbocycles. The fraction of sp³-hybridized carbons (Fsp3) is 0.0455. The van der Waals surface area contributed by atoms with Crippen molar-refractivity contribution in [2.24, 2.45) is 0 Å². The molecule has 0 aliphatic carbocycles. The Morgan fingerprint density at radius 3 is 2.59 bits per heavy atom. The van der Waals surface area contributed by atoms with Gasteiger partial charge in [-0.05, 0) is 55.5 Å². The van der Waals surface area contributed by atoms with E-state index in [1.54, 1.807) is 42.5 Å². The molecule has 4 rings (SSSR count). The van der Waals surface area contributed by atoms with E-state index >= 15 is 0 Å². The molecular formula is C22H14ClNO3S2. The predicted octanol–water partition coefficient (Wildman–Crippen LogP) is 6.21. The summed E-state index contributed by atoms with van der Waals surface area (Å²) in [7, 11) is 0. The quantitative estimate of drug-likeness (QED) is 0.275. The fourth-order valence-electron chi connectivity index (χ4n) is 2.89. The number of anilines is 1. The number of hydrogen-bond acceptors (Lipinski definition) is 5. The van der Waals surface area contributed by atoms with Crippen molar-refractivity contribution < 1.29 is 14.0 Å². The van der Waals surface area contributed by atoms with Crippen molar-refractivity contribution >= 4 is 63.4 Å². The van der Waals surface area contributed by atoms with Crippen LogP contribution in [0.1, 0.15) is 23.0 Å². The van der Waals surface area contributed by atoms with Crippen molar-refractivity contribution in [1.82, 2.24) is 0 Å². The van der Waals surface area contributed by atoms with Crippen LogP contribution in [-0.4, -0.2) is 16.0 Å². The maximum atomic E-state index is 12.9. The molecule has 1 aromatic heterocycles. The molecule has 1 saturated heterocycles. The Kier molecular flexibility index (Phi) is 5.41. The van der Waals surface area contributed by atoms with Gasteiger partial charge < -0.3 is 4.42 Å². The molecule has 1 aliphatic rings. The lowest BCUT2D eigenvalue weighted by Crippen LogP contribution is -2.27. The second kappa shape index (κ2) is 7.99. The molecule has 144 valence electrons. The molecule has 0 spiro atoms. The van der Waals surface area contributed by atoms with E-state index in [4.69, 9.17) is 28.2 Å². The Hall–Kier alpha value is -2.67. The summed E-state index contributed by atoms with van der Waals surface area (Å²) in [5, 5.41) is 0.622. The maximum Gasteiger partial charge on any atom is 0.270 e. The van der Waals surface area contributed by atoms with Gasteiger partial charge in [0.25, 0.3) is 5.91 Å². The van der Waals surface area contributed by atoms with Crippen LogP contribution in [0.2, 0.25) is 5.02 Å². The average Bonchev–Trinajstić information content (AvgIpc) is 3.27. The lowest BCUT2D eigenvalue weighted by Gasteiger charge is -2.14. The third kappa shape index (κ3) is 4.05. The lowest BCUT2D eigenvalue weighted by molar-refractivity contribution is -0.113. The van der Waals surface area contributed by atoms with Gasteiger partial charge in [0.05, 0.1) is 10.6 Å². The van der Waals surface area contributed by atoms with Crippen LogP contribution < -0.4 is 4.90 Å². The number of carbonyl (C=O) groups excluding carboxylic acids is 2. The minimum atomic E-state index is -0.226. The molecular weight excluding hydrogens is 426 g/mol. The molecule has 0 unspecified atom stereocenters. The number of carbonyl (C=O) groups is 2. The number of rotatable bonds is 4. The molecule has 3 aromatic rings. The zero-order valence-electron chi connectivity index (χ0n) is 15.2. The van der Waals surface area contributed by atoms with E-state index < -0.39 is 0 Å². The van der Waals surface area contributed by atoms with Crippen LogP contribution in [0, 0.1) is 0 Å². The number of hydrogen-bond donors (Lipinski definition) is 0. The first-order valence-corrected chi connectivity index (χ1v) is 10.3. The maximum absolute atomic E-state index is 12.9. The third-order valence-electron chi connectivity index (χ3n) is 4.34. The zero-order valence-corrected chi connectivity index (χ0v) is 17.6. The smallest absolute Gasteiger partial charge is 0.270 e. The second-order valence-corrected chi connectivity index (χ2v) is 8.44. The first-order chi connectivity index (χ1) is 13.9. The normalized spacial score (nSPS) is 15.4. The number of benzene rings is 2. The molecule has 1 fully saturated rings. The summed E-state index contributed by atoms with van der Waals surface area (Å²) in [6.07, 6.45) is 1.68. The van der Waals surface area contributed by atoms with Gasteiger partial charge in [-0.2, -0.15) is 0 Å². The van der Waals surface area contributed by atoms with Gasteiger partial charge in [-0.25, -0.2) is 0 Å². The molecule has 4 nitrogen and oxygen atoms in total. The number of nitrogens with zero attached hydrogens (tertiary/aromatic N) is 1. The molecule has 7 heteroatoms. The predicted molar refractivity (Wildman–Crippen MR) is 121 cm³/mol. The van der Waals surface area contributed by atoms with Crippen molar-refractivity contribution in [2.45, 2.75) is 6.92 Å². The standard InChI is InChI=1S/C22H14ClNO3S2/c1-13(25)14-5-7-17(8-6-14)24-21(26)20(29-22(24)28)12-18-9-10-19(27-18)15-3-2-4-16(23)11-15/h2-12H,1H3/b20-12+. The van der Waals surface area contributed by atoms with Crippen molar-refractivity contribution in [3.8, 4) is 11.3 Å². The molecule has 1 amide bonds. The lowest BCUT2D eigenvalue weighted by atomic mass is 10.1.